The van der Waals surface area contributed by atoms with Crippen molar-refractivity contribution in [2.75, 3.05) is 18.9 Å². The van der Waals surface area contributed by atoms with Gasteiger partial charge >= 0.3 is 5.69 Å². The largest absolute Gasteiger partial charge is 0.376 e. The predicted octanol–water partition coefficient (Wildman–Crippen LogP) is 1.48. The summed E-state index contributed by atoms with van der Waals surface area (Å²) in [6.45, 7) is 1.19. The Labute approximate surface area is 158 Å². The van der Waals surface area contributed by atoms with Crippen molar-refractivity contribution in [3.63, 3.8) is 0 Å². The van der Waals surface area contributed by atoms with Crippen LogP contribution in [0.25, 0.3) is 0 Å². The van der Waals surface area contributed by atoms with Crippen molar-refractivity contribution in [2.45, 2.75) is 37.1 Å². The summed E-state index contributed by atoms with van der Waals surface area (Å²) in [4.78, 5) is 23.8. The molecule has 10 heteroatoms. The number of benzene rings is 1. The summed E-state index contributed by atoms with van der Waals surface area (Å²) in [6.07, 6.45) is 1.88. The van der Waals surface area contributed by atoms with Gasteiger partial charge < -0.3 is 10.1 Å². The second kappa shape index (κ2) is 9.14. The van der Waals surface area contributed by atoms with Crippen LogP contribution in [0.15, 0.2) is 28.2 Å². The molecule has 1 atom stereocenters. The Balaban J connectivity index is 1.47. The molecule has 1 fully saturated rings. The summed E-state index contributed by atoms with van der Waals surface area (Å²) in [5.41, 5.74) is -0.397. The number of rotatable bonds is 8. The second-order valence-corrected chi connectivity index (χ2v) is 7.09. The third-order valence-corrected chi connectivity index (χ3v) is 5.20. The van der Waals surface area contributed by atoms with E-state index in [9.17, 15) is 18.4 Å². The molecule has 2 heterocycles. The highest BCUT2D eigenvalue weighted by atomic mass is 32.2. The smallest absolute Gasteiger partial charge is 0.344 e. The Morgan fingerprint density at radius 1 is 1.41 bits per heavy atom. The molecular weight excluding hydrogens is 378 g/mol. The Bertz CT molecular complexity index is 829. The molecule has 7 nitrogen and oxygen atoms in total. The fraction of sp³-hybridized carbons (Fsp3) is 0.471. The van der Waals surface area contributed by atoms with Gasteiger partial charge in [-0.1, -0.05) is 17.8 Å². The molecule has 1 saturated heterocycles. The van der Waals surface area contributed by atoms with E-state index in [1.54, 1.807) is 0 Å². The zero-order valence-corrected chi connectivity index (χ0v) is 15.4. The zero-order valence-electron chi connectivity index (χ0n) is 14.5. The molecule has 146 valence electrons. The molecule has 0 spiro atoms. The van der Waals surface area contributed by atoms with Gasteiger partial charge in [0.1, 0.15) is 11.6 Å². The lowest BCUT2D eigenvalue weighted by Gasteiger charge is -2.11. The number of hydrogen-bond donors (Lipinski definition) is 2. The number of hydrogen-bond acceptors (Lipinski definition) is 5. The lowest BCUT2D eigenvalue weighted by molar-refractivity contribution is -0.118. The minimum absolute atomic E-state index is 0.0239. The Morgan fingerprint density at radius 2 is 2.19 bits per heavy atom. The first-order valence-corrected chi connectivity index (χ1v) is 9.62. The van der Waals surface area contributed by atoms with Crippen LogP contribution >= 0.6 is 11.8 Å². The molecule has 0 aliphatic carbocycles. The molecular formula is C17H20F2N4O3S. The van der Waals surface area contributed by atoms with E-state index >= 15 is 0 Å². The van der Waals surface area contributed by atoms with Crippen molar-refractivity contribution in [3.8, 4) is 0 Å². The van der Waals surface area contributed by atoms with Crippen molar-refractivity contribution >= 4 is 17.7 Å². The van der Waals surface area contributed by atoms with Crippen LogP contribution in [-0.2, 0) is 22.5 Å². The van der Waals surface area contributed by atoms with Gasteiger partial charge in [-0.25, -0.2) is 18.7 Å². The third kappa shape index (κ3) is 5.16. The van der Waals surface area contributed by atoms with Gasteiger partial charge in [0.2, 0.25) is 5.91 Å². The molecule has 2 aromatic rings. The molecule has 1 aromatic heterocycles. The van der Waals surface area contributed by atoms with Crippen molar-refractivity contribution in [3.05, 3.63) is 45.9 Å². The van der Waals surface area contributed by atoms with Crippen LogP contribution in [0.4, 0.5) is 8.78 Å². The van der Waals surface area contributed by atoms with Crippen LogP contribution in [0.5, 0.6) is 0 Å². The lowest BCUT2D eigenvalue weighted by Crippen LogP contribution is -2.28. The quantitative estimate of drug-likeness (QED) is 0.658. The van der Waals surface area contributed by atoms with Crippen molar-refractivity contribution in [1.29, 1.82) is 0 Å². The van der Waals surface area contributed by atoms with Gasteiger partial charge in [-0.05, 0) is 31.4 Å². The van der Waals surface area contributed by atoms with Gasteiger partial charge in [-0.2, -0.15) is 0 Å². The fourth-order valence-electron chi connectivity index (χ4n) is 2.85. The molecule has 27 heavy (non-hydrogen) atoms. The molecule has 0 saturated carbocycles. The van der Waals surface area contributed by atoms with E-state index in [4.69, 9.17) is 4.74 Å². The number of carbonyl (C=O) groups excluding carboxylic acids is 1. The summed E-state index contributed by atoms with van der Waals surface area (Å²) in [6, 6.07) is 3.66. The molecule has 1 unspecified atom stereocenters. The maximum atomic E-state index is 13.5. The predicted molar refractivity (Wildman–Crippen MR) is 95.6 cm³/mol. The summed E-state index contributed by atoms with van der Waals surface area (Å²) in [7, 11) is 0. The first kappa shape index (κ1) is 19.6. The molecule has 2 N–H and O–H groups in total. The van der Waals surface area contributed by atoms with E-state index in [1.807, 2.05) is 0 Å². The second-order valence-electron chi connectivity index (χ2n) is 6.15. The Kier molecular flexibility index (Phi) is 6.62. The van der Waals surface area contributed by atoms with Crippen LogP contribution in [-0.4, -0.2) is 45.7 Å². The maximum Gasteiger partial charge on any atom is 0.344 e. The number of nitrogens with zero attached hydrogens (tertiary/aromatic N) is 2. The Hall–Kier alpha value is -2.20. The van der Waals surface area contributed by atoms with Crippen LogP contribution in [0.2, 0.25) is 0 Å². The van der Waals surface area contributed by atoms with E-state index < -0.39 is 11.6 Å². The topological polar surface area (TPSA) is 89.0 Å². The molecule has 1 amide bonds. The van der Waals surface area contributed by atoms with Crippen molar-refractivity contribution in [2.24, 2.45) is 0 Å². The van der Waals surface area contributed by atoms with Gasteiger partial charge in [0.05, 0.1) is 18.4 Å². The fourth-order valence-corrected chi connectivity index (χ4v) is 3.63. The van der Waals surface area contributed by atoms with E-state index in [2.05, 4.69) is 15.5 Å². The highest BCUT2D eigenvalue weighted by Gasteiger charge is 2.20. The lowest BCUT2D eigenvalue weighted by atomic mass is 10.1. The number of ether oxygens (including phenoxy) is 1. The molecule has 0 radical (unpaired) electrons. The highest BCUT2D eigenvalue weighted by molar-refractivity contribution is 7.99. The average molecular weight is 398 g/mol. The SMILES string of the molecule is O=C(CSc1n[nH]c(=O)n1CC1CCCO1)NCCc1c(F)cccc1F. The number of thioether (sulfide) groups is 1. The van der Waals surface area contributed by atoms with E-state index in [0.29, 0.717) is 18.3 Å². The minimum atomic E-state index is -0.631. The minimum Gasteiger partial charge on any atom is -0.376 e. The third-order valence-electron chi connectivity index (χ3n) is 4.22. The van der Waals surface area contributed by atoms with Gasteiger partial charge in [0.15, 0.2) is 5.16 Å². The first-order valence-electron chi connectivity index (χ1n) is 8.64. The van der Waals surface area contributed by atoms with E-state index in [1.165, 1.54) is 22.8 Å². The normalized spacial score (nSPS) is 16.6. The molecule has 1 aliphatic heterocycles. The van der Waals surface area contributed by atoms with Gasteiger partial charge in [-0.3, -0.25) is 9.36 Å². The molecule has 1 aromatic carbocycles. The van der Waals surface area contributed by atoms with Crippen LogP contribution < -0.4 is 11.0 Å². The summed E-state index contributed by atoms with van der Waals surface area (Å²) >= 11 is 1.12. The summed E-state index contributed by atoms with van der Waals surface area (Å²) in [5.74, 6) is -1.53. The summed E-state index contributed by atoms with van der Waals surface area (Å²) in [5, 5.41) is 9.33. The zero-order chi connectivity index (χ0) is 19.2. The number of nitrogens with one attached hydrogen (secondary N) is 2. The van der Waals surface area contributed by atoms with Gasteiger partial charge in [0.25, 0.3) is 0 Å². The number of carbonyl (C=O) groups is 1. The molecule has 1 aliphatic rings. The highest BCUT2D eigenvalue weighted by Crippen LogP contribution is 2.18. The average Bonchev–Trinajstić information content (AvgIpc) is 3.27. The number of H-pyrrole nitrogens is 1. The number of aromatic nitrogens is 3. The maximum absolute atomic E-state index is 13.5. The monoisotopic (exact) mass is 398 g/mol. The first-order chi connectivity index (χ1) is 13.0. The number of halogens is 2. The van der Waals surface area contributed by atoms with Crippen LogP contribution in [0.1, 0.15) is 18.4 Å². The van der Waals surface area contributed by atoms with Crippen molar-refractivity contribution in [1.82, 2.24) is 20.1 Å². The van der Waals surface area contributed by atoms with Gasteiger partial charge in [0, 0.05) is 18.7 Å². The number of amides is 1. The Morgan fingerprint density at radius 3 is 2.89 bits per heavy atom. The standard InChI is InChI=1S/C17H20F2N4O3S/c18-13-4-1-5-14(19)12(13)6-7-20-15(24)10-27-17-22-21-16(25)23(17)9-11-3-2-8-26-11/h1,4-5,11H,2-3,6-10H2,(H,20,24)(H,21,25). The number of aromatic amines is 1. The van der Waals surface area contributed by atoms with Gasteiger partial charge in [-0.15, -0.1) is 5.10 Å². The van der Waals surface area contributed by atoms with E-state index in [-0.39, 0.29) is 42.0 Å². The molecule has 0 bridgehead atoms. The van der Waals surface area contributed by atoms with E-state index in [0.717, 1.165) is 24.6 Å². The van der Waals surface area contributed by atoms with Crippen LogP contribution in [0, 0.1) is 11.6 Å². The van der Waals surface area contributed by atoms with Crippen molar-refractivity contribution < 1.29 is 18.3 Å². The van der Waals surface area contributed by atoms with Crippen LogP contribution in [0.3, 0.4) is 0 Å². The molecule has 3 rings (SSSR count). The summed E-state index contributed by atoms with van der Waals surface area (Å²) < 4.78 is 34.1.